The monoisotopic (exact) mass is 307 g/mol. The Morgan fingerprint density at radius 2 is 2.33 bits per heavy atom. The van der Waals surface area contributed by atoms with Crippen molar-refractivity contribution >= 4 is 23.5 Å². The van der Waals surface area contributed by atoms with E-state index in [0.29, 0.717) is 30.2 Å². The van der Waals surface area contributed by atoms with Crippen LogP contribution in [0, 0.1) is 0 Å². The molecular formula is C15H21N3O2S. The van der Waals surface area contributed by atoms with E-state index in [2.05, 4.69) is 9.97 Å². The van der Waals surface area contributed by atoms with Gasteiger partial charge < -0.3 is 5.11 Å². The third kappa shape index (κ3) is 2.44. The molecule has 1 aromatic rings. The van der Waals surface area contributed by atoms with Gasteiger partial charge in [-0.15, -0.1) is 0 Å². The molecule has 3 rings (SSSR count). The Hall–Kier alpha value is -1.14. The molecule has 1 aliphatic heterocycles. The van der Waals surface area contributed by atoms with E-state index >= 15 is 0 Å². The zero-order valence-electron chi connectivity index (χ0n) is 12.5. The summed E-state index contributed by atoms with van der Waals surface area (Å²) in [6, 6.07) is -0.154. The van der Waals surface area contributed by atoms with E-state index in [1.165, 1.54) is 11.8 Å². The molecule has 6 heteroatoms. The minimum atomic E-state index is -0.783. The van der Waals surface area contributed by atoms with E-state index in [9.17, 15) is 9.90 Å². The summed E-state index contributed by atoms with van der Waals surface area (Å²) in [5, 5.41) is 11.5. The van der Waals surface area contributed by atoms with Gasteiger partial charge in [-0.05, 0) is 38.4 Å². The summed E-state index contributed by atoms with van der Waals surface area (Å²) < 4.78 is 0. The highest BCUT2D eigenvalue weighted by Gasteiger charge is 2.46. The van der Waals surface area contributed by atoms with Crippen LogP contribution in [0.1, 0.15) is 44.6 Å². The fourth-order valence-corrected chi connectivity index (χ4v) is 3.82. The first-order valence-corrected chi connectivity index (χ1v) is 8.76. The quantitative estimate of drug-likeness (QED) is 0.685. The van der Waals surface area contributed by atoms with Gasteiger partial charge in [0, 0.05) is 18.2 Å². The van der Waals surface area contributed by atoms with Crippen LogP contribution in [-0.4, -0.2) is 38.9 Å². The normalized spacial score (nSPS) is 28.8. The van der Waals surface area contributed by atoms with Gasteiger partial charge in [-0.2, -0.15) is 0 Å². The topological polar surface area (TPSA) is 66.3 Å². The summed E-state index contributed by atoms with van der Waals surface area (Å²) >= 11 is 1.47. The van der Waals surface area contributed by atoms with Gasteiger partial charge in [-0.1, -0.05) is 18.7 Å². The smallest absolute Gasteiger partial charge is 0.228 e. The van der Waals surface area contributed by atoms with Crippen LogP contribution in [0.5, 0.6) is 0 Å². The van der Waals surface area contributed by atoms with Crippen LogP contribution in [0.25, 0.3) is 0 Å². The Morgan fingerprint density at radius 3 is 3.05 bits per heavy atom. The van der Waals surface area contributed by atoms with Gasteiger partial charge in [0.15, 0.2) is 5.16 Å². The Morgan fingerprint density at radius 1 is 1.52 bits per heavy atom. The van der Waals surface area contributed by atoms with Crippen LogP contribution in [0.3, 0.4) is 0 Å². The van der Waals surface area contributed by atoms with Crippen LogP contribution >= 0.6 is 11.8 Å². The summed E-state index contributed by atoms with van der Waals surface area (Å²) in [7, 11) is 0. The third-order valence-corrected chi connectivity index (χ3v) is 5.30. The van der Waals surface area contributed by atoms with Crippen LogP contribution in [0.4, 0.5) is 5.82 Å². The first kappa shape index (κ1) is 14.8. The summed E-state index contributed by atoms with van der Waals surface area (Å²) in [5.74, 6) is 0.788. The molecule has 0 bridgehead atoms. The van der Waals surface area contributed by atoms with Crippen molar-refractivity contribution in [3.8, 4) is 0 Å². The van der Waals surface area contributed by atoms with Crippen LogP contribution in [0.15, 0.2) is 11.4 Å². The number of anilines is 1. The molecule has 1 aliphatic carbocycles. The Labute approximate surface area is 129 Å². The van der Waals surface area contributed by atoms with Crippen molar-refractivity contribution in [1.82, 2.24) is 9.97 Å². The molecule has 2 heterocycles. The molecule has 1 fully saturated rings. The van der Waals surface area contributed by atoms with E-state index in [1.807, 2.05) is 19.4 Å². The van der Waals surface area contributed by atoms with Crippen molar-refractivity contribution in [1.29, 1.82) is 0 Å². The van der Waals surface area contributed by atoms with Crippen LogP contribution in [0.2, 0.25) is 0 Å². The second-order valence-corrected chi connectivity index (χ2v) is 6.61. The maximum absolute atomic E-state index is 12.5. The zero-order chi connectivity index (χ0) is 15.0. The molecular weight excluding hydrogens is 286 g/mol. The van der Waals surface area contributed by atoms with E-state index in [4.69, 9.17) is 0 Å². The number of hydrogen-bond donors (Lipinski definition) is 1. The van der Waals surface area contributed by atoms with Crippen molar-refractivity contribution in [3.63, 3.8) is 0 Å². The third-order valence-electron chi connectivity index (χ3n) is 4.74. The lowest BCUT2D eigenvalue weighted by Crippen LogP contribution is -2.53. The first-order chi connectivity index (χ1) is 10.1. The maximum Gasteiger partial charge on any atom is 0.228 e. The fraction of sp³-hybridized carbons (Fsp3) is 0.667. The van der Waals surface area contributed by atoms with Gasteiger partial charge in [0.05, 0.1) is 11.6 Å². The second-order valence-electron chi connectivity index (χ2n) is 5.83. The average Bonchev–Trinajstić information content (AvgIpc) is 2.89. The number of thioether (sulfide) groups is 1. The van der Waals surface area contributed by atoms with Crippen molar-refractivity contribution in [2.24, 2.45) is 0 Å². The molecule has 1 N–H and O–H groups in total. The molecule has 2 aliphatic rings. The molecule has 1 aromatic heterocycles. The molecule has 0 spiro atoms. The van der Waals surface area contributed by atoms with Gasteiger partial charge in [-0.3, -0.25) is 9.69 Å². The summed E-state index contributed by atoms with van der Waals surface area (Å²) in [6.07, 6.45) is 8.14. The Kier molecular flexibility index (Phi) is 3.92. The van der Waals surface area contributed by atoms with Crippen molar-refractivity contribution < 1.29 is 9.90 Å². The van der Waals surface area contributed by atoms with Gasteiger partial charge in [0.1, 0.15) is 5.82 Å². The van der Waals surface area contributed by atoms with Crippen molar-refractivity contribution in [2.75, 3.05) is 11.2 Å². The highest BCUT2D eigenvalue weighted by atomic mass is 32.2. The number of rotatable bonds is 3. The SMILES string of the molecule is CCC1(O)CCCC1N1C(=O)CCc2cnc(SC)nc21. The lowest BCUT2D eigenvalue weighted by atomic mass is 9.91. The van der Waals surface area contributed by atoms with Gasteiger partial charge in [-0.25, -0.2) is 9.97 Å². The molecule has 114 valence electrons. The minimum absolute atomic E-state index is 0.0760. The van der Waals surface area contributed by atoms with Crippen molar-refractivity contribution in [3.05, 3.63) is 11.8 Å². The molecule has 1 amide bonds. The molecule has 0 saturated heterocycles. The molecule has 0 aromatic carbocycles. The highest BCUT2D eigenvalue weighted by molar-refractivity contribution is 7.98. The maximum atomic E-state index is 12.5. The zero-order valence-corrected chi connectivity index (χ0v) is 13.3. The van der Waals surface area contributed by atoms with E-state index in [1.54, 1.807) is 4.90 Å². The Bertz CT molecular complexity index is 566. The number of aliphatic hydroxyl groups is 1. The largest absolute Gasteiger partial charge is 0.388 e. The number of fused-ring (bicyclic) bond motifs is 1. The van der Waals surface area contributed by atoms with E-state index in [-0.39, 0.29) is 11.9 Å². The van der Waals surface area contributed by atoms with Crippen molar-refractivity contribution in [2.45, 2.75) is 62.2 Å². The lowest BCUT2D eigenvalue weighted by Gasteiger charge is -2.40. The average molecular weight is 307 g/mol. The lowest BCUT2D eigenvalue weighted by molar-refractivity contribution is -0.120. The van der Waals surface area contributed by atoms with Gasteiger partial charge in [0.25, 0.3) is 0 Å². The molecule has 2 unspecified atom stereocenters. The molecule has 21 heavy (non-hydrogen) atoms. The summed E-state index contributed by atoms with van der Waals surface area (Å²) in [5.41, 5.74) is 0.229. The highest BCUT2D eigenvalue weighted by Crippen LogP contribution is 2.40. The standard InChI is InChI=1S/C15H21N3O2S/c1-3-15(20)8-4-5-11(15)18-12(19)7-6-10-9-16-14(21-2)17-13(10)18/h9,11,20H,3-8H2,1-2H3. The number of nitrogens with zero attached hydrogens (tertiary/aromatic N) is 3. The van der Waals surface area contributed by atoms with Crippen LogP contribution in [-0.2, 0) is 11.2 Å². The molecule has 1 saturated carbocycles. The first-order valence-electron chi connectivity index (χ1n) is 7.53. The van der Waals surface area contributed by atoms with Crippen LogP contribution < -0.4 is 4.90 Å². The Balaban J connectivity index is 2.04. The summed E-state index contributed by atoms with van der Waals surface area (Å²) in [4.78, 5) is 23.1. The van der Waals surface area contributed by atoms with E-state index in [0.717, 1.165) is 24.8 Å². The molecule has 0 radical (unpaired) electrons. The number of carbonyl (C=O) groups excluding carboxylic acids is 1. The number of hydrogen-bond acceptors (Lipinski definition) is 5. The predicted molar refractivity (Wildman–Crippen MR) is 82.5 cm³/mol. The molecule has 5 nitrogen and oxygen atoms in total. The van der Waals surface area contributed by atoms with Gasteiger partial charge in [0.2, 0.25) is 5.91 Å². The fourth-order valence-electron chi connectivity index (χ4n) is 3.49. The van der Waals surface area contributed by atoms with Gasteiger partial charge >= 0.3 is 0 Å². The predicted octanol–water partition coefficient (Wildman–Crippen LogP) is 2.17. The minimum Gasteiger partial charge on any atom is -0.388 e. The molecule has 2 atom stereocenters. The number of aryl methyl sites for hydroxylation is 1. The summed E-state index contributed by atoms with van der Waals surface area (Å²) in [6.45, 7) is 1.99. The second kappa shape index (κ2) is 5.57. The van der Waals surface area contributed by atoms with E-state index < -0.39 is 5.60 Å². The number of amides is 1. The number of carbonyl (C=O) groups is 1. The number of aromatic nitrogens is 2.